The number of pyridine rings is 1. The number of thiocarbonyl (C=S) groups is 1. The van der Waals surface area contributed by atoms with E-state index in [1.54, 1.807) is 6.20 Å². The second kappa shape index (κ2) is 5.77. The van der Waals surface area contributed by atoms with Crippen molar-refractivity contribution < 1.29 is 0 Å². The van der Waals surface area contributed by atoms with Gasteiger partial charge in [0, 0.05) is 18.8 Å². The van der Waals surface area contributed by atoms with Gasteiger partial charge in [0.15, 0.2) is 0 Å². The maximum absolute atomic E-state index is 5.60. The standard InChI is InChI=1S/C11H18N4S/c1-8(15(2)3)7-14-9-5-4-6-13-10(9)11(12)16/h4-6,8,14H,7H2,1-3H3,(H2,12,16). The molecule has 5 heteroatoms. The van der Waals surface area contributed by atoms with Crippen LogP contribution in [0.1, 0.15) is 12.6 Å². The van der Waals surface area contributed by atoms with Crippen LogP contribution in [0.25, 0.3) is 0 Å². The molecule has 0 radical (unpaired) electrons. The molecule has 3 N–H and O–H groups in total. The average Bonchev–Trinajstić information content (AvgIpc) is 2.25. The summed E-state index contributed by atoms with van der Waals surface area (Å²) in [4.78, 5) is 6.62. The Kier molecular flexibility index (Phi) is 4.64. The average molecular weight is 238 g/mol. The number of rotatable bonds is 5. The van der Waals surface area contributed by atoms with Gasteiger partial charge in [-0.1, -0.05) is 12.2 Å². The SMILES string of the molecule is CC(CNc1cccnc1C(N)=S)N(C)C. The highest BCUT2D eigenvalue weighted by Crippen LogP contribution is 2.12. The van der Waals surface area contributed by atoms with Gasteiger partial charge in [0.25, 0.3) is 0 Å². The van der Waals surface area contributed by atoms with E-state index in [0.29, 0.717) is 16.7 Å². The Labute approximate surface area is 102 Å². The number of aromatic nitrogens is 1. The van der Waals surface area contributed by atoms with Crippen LogP contribution < -0.4 is 11.1 Å². The molecule has 1 aromatic rings. The van der Waals surface area contributed by atoms with Crippen molar-refractivity contribution in [2.45, 2.75) is 13.0 Å². The van der Waals surface area contributed by atoms with Crippen molar-refractivity contribution in [1.29, 1.82) is 0 Å². The largest absolute Gasteiger partial charge is 0.388 e. The van der Waals surface area contributed by atoms with E-state index in [-0.39, 0.29) is 0 Å². The third-order valence-electron chi connectivity index (χ3n) is 2.51. The van der Waals surface area contributed by atoms with Crippen LogP contribution in [0.4, 0.5) is 5.69 Å². The van der Waals surface area contributed by atoms with Gasteiger partial charge in [0.2, 0.25) is 0 Å². The van der Waals surface area contributed by atoms with E-state index < -0.39 is 0 Å². The molecule has 0 aliphatic heterocycles. The molecule has 4 nitrogen and oxygen atoms in total. The number of anilines is 1. The summed E-state index contributed by atoms with van der Waals surface area (Å²) < 4.78 is 0. The van der Waals surface area contributed by atoms with E-state index in [2.05, 4.69) is 22.1 Å². The smallest absolute Gasteiger partial charge is 0.124 e. The van der Waals surface area contributed by atoms with Crippen LogP contribution in [0, 0.1) is 0 Å². The molecule has 1 rings (SSSR count). The molecule has 1 aromatic heterocycles. The number of nitrogens with two attached hydrogens (primary N) is 1. The van der Waals surface area contributed by atoms with Crippen LogP contribution in [-0.2, 0) is 0 Å². The van der Waals surface area contributed by atoms with Crippen LogP contribution in [0.2, 0.25) is 0 Å². The molecule has 16 heavy (non-hydrogen) atoms. The van der Waals surface area contributed by atoms with Crippen molar-refractivity contribution in [3.8, 4) is 0 Å². The fourth-order valence-corrected chi connectivity index (χ4v) is 1.35. The number of nitrogens with one attached hydrogen (secondary N) is 1. The zero-order valence-corrected chi connectivity index (χ0v) is 10.7. The molecule has 0 aliphatic carbocycles. The maximum Gasteiger partial charge on any atom is 0.124 e. The molecule has 1 atom stereocenters. The normalized spacial score (nSPS) is 12.5. The number of nitrogens with zero attached hydrogens (tertiary/aromatic N) is 2. The Morgan fingerprint density at radius 1 is 1.62 bits per heavy atom. The quantitative estimate of drug-likeness (QED) is 0.752. The summed E-state index contributed by atoms with van der Waals surface area (Å²) >= 11 is 4.95. The molecule has 0 spiro atoms. The van der Waals surface area contributed by atoms with Crippen molar-refractivity contribution in [2.24, 2.45) is 5.73 Å². The van der Waals surface area contributed by atoms with Crippen LogP contribution >= 0.6 is 12.2 Å². The molecule has 0 amide bonds. The van der Waals surface area contributed by atoms with Crippen molar-refractivity contribution in [2.75, 3.05) is 26.0 Å². The Morgan fingerprint density at radius 2 is 2.31 bits per heavy atom. The molecule has 0 fully saturated rings. The van der Waals surface area contributed by atoms with E-state index in [1.165, 1.54) is 0 Å². The first kappa shape index (κ1) is 12.9. The van der Waals surface area contributed by atoms with E-state index in [9.17, 15) is 0 Å². The van der Waals surface area contributed by atoms with Gasteiger partial charge >= 0.3 is 0 Å². The highest BCUT2D eigenvalue weighted by molar-refractivity contribution is 7.80. The Balaban J connectivity index is 2.70. The van der Waals surface area contributed by atoms with Crippen molar-refractivity contribution in [1.82, 2.24) is 9.88 Å². The molecule has 0 saturated heterocycles. The summed E-state index contributed by atoms with van der Waals surface area (Å²) in [5, 5.41) is 3.30. The van der Waals surface area contributed by atoms with E-state index in [1.807, 2.05) is 26.2 Å². The lowest BCUT2D eigenvalue weighted by Crippen LogP contribution is -2.32. The zero-order chi connectivity index (χ0) is 12.1. The predicted octanol–water partition coefficient (Wildman–Crippen LogP) is 1.08. The summed E-state index contributed by atoms with van der Waals surface area (Å²) in [7, 11) is 4.09. The number of likely N-dealkylation sites (N-methyl/N-ethyl adjacent to an activating group) is 1. The Hall–Kier alpha value is -1.20. The molecule has 0 saturated carbocycles. The fraction of sp³-hybridized carbons (Fsp3) is 0.455. The summed E-state index contributed by atoms with van der Waals surface area (Å²) in [5.74, 6) is 0. The summed E-state index contributed by atoms with van der Waals surface area (Å²) in [6.07, 6.45) is 1.69. The second-order valence-electron chi connectivity index (χ2n) is 3.96. The third-order valence-corrected chi connectivity index (χ3v) is 2.70. The zero-order valence-electron chi connectivity index (χ0n) is 9.90. The van der Waals surface area contributed by atoms with Crippen LogP contribution in [0.3, 0.4) is 0 Å². The van der Waals surface area contributed by atoms with Gasteiger partial charge in [-0.05, 0) is 33.2 Å². The van der Waals surface area contributed by atoms with Crippen LogP contribution in [0.5, 0.6) is 0 Å². The second-order valence-corrected chi connectivity index (χ2v) is 4.40. The van der Waals surface area contributed by atoms with E-state index in [0.717, 1.165) is 12.2 Å². The molecule has 0 aromatic carbocycles. The lowest BCUT2D eigenvalue weighted by molar-refractivity contribution is 0.326. The highest BCUT2D eigenvalue weighted by Gasteiger charge is 2.08. The fourth-order valence-electron chi connectivity index (χ4n) is 1.18. The highest BCUT2D eigenvalue weighted by atomic mass is 32.1. The Bertz CT molecular complexity index is 365. The van der Waals surface area contributed by atoms with Gasteiger partial charge in [-0.15, -0.1) is 0 Å². The summed E-state index contributed by atoms with van der Waals surface area (Å²) in [5.41, 5.74) is 7.15. The summed E-state index contributed by atoms with van der Waals surface area (Å²) in [6, 6.07) is 4.23. The topological polar surface area (TPSA) is 54.2 Å². The van der Waals surface area contributed by atoms with Crippen molar-refractivity contribution in [3.63, 3.8) is 0 Å². The third kappa shape index (κ3) is 3.43. The minimum absolute atomic E-state index is 0.320. The molecule has 0 aliphatic rings. The van der Waals surface area contributed by atoms with Crippen LogP contribution in [-0.4, -0.2) is 41.6 Å². The van der Waals surface area contributed by atoms with Gasteiger partial charge in [-0.2, -0.15) is 0 Å². The number of hydrogen-bond acceptors (Lipinski definition) is 4. The first-order chi connectivity index (χ1) is 7.52. The minimum atomic E-state index is 0.320. The van der Waals surface area contributed by atoms with Crippen LogP contribution in [0.15, 0.2) is 18.3 Å². The molecule has 0 bridgehead atoms. The van der Waals surface area contributed by atoms with Gasteiger partial charge in [0.05, 0.1) is 5.69 Å². The molecule has 88 valence electrons. The lowest BCUT2D eigenvalue weighted by Gasteiger charge is -2.21. The van der Waals surface area contributed by atoms with Crippen molar-refractivity contribution >= 4 is 22.9 Å². The lowest BCUT2D eigenvalue weighted by atomic mass is 10.2. The Morgan fingerprint density at radius 3 is 2.88 bits per heavy atom. The predicted molar refractivity (Wildman–Crippen MR) is 71.8 cm³/mol. The molecule has 1 unspecified atom stereocenters. The monoisotopic (exact) mass is 238 g/mol. The van der Waals surface area contributed by atoms with Gasteiger partial charge in [-0.25, -0.2) is 0 Å². The van der Waals surface area contributed by atoms with Gasteiger partial charge < -0.3 is 16.0 Å². The van der Waals surface area contributed by atoms with Gasteiger partial charge in [-0.3, -0.25) is 4.98 Å². The first-order valence-corrected chi connectivity index (χ1v) is 5.58. The maximum atomic E-state index is 5.60. The van der Waals surface area contributed by atoms with Crippen molar-refractivity contribution in [3.05, 3.63) is 24.0 Å². The van der Waals surface area contributed by atoms with E-state index >= 15 is 0 Å². The first-order valence-electron chi connectivity index (χ1n) is 5.17. The molecular weight excluding hydrogens is 220 g/mol. The molecular formula is C11H18N4S. The molecule has 1 heterocycles. The van der Waals surface area contributed by atoms with Gasteiger partial charge in [0.1, 0.15) is 10.7 Å². The van der Waals surface area contributed by atoms with E-state index in [4.69, 9.17) is 18.0 Å². The minimum Gasteiger partial charge on any atom is -0.388 e. The number of hydrogen-bond donors (Lipinski definition) is 2. The summed E-state index contributed by atoms with van der Waals surface area (Å²) in [6.45, 7) is 2.97.